The Kier molecular flexibility index (Phi) is 4.56. The smallest absolute Gasteiger partial charge is 0.264 e. The summed E-state index contributed by atoms with van der Waals surface area (Å²) in [5.41, 5.74) is 7.52. The van der Waals surface area contributed by atoms with E-state index in [4.69, 9.17) is 10.5 Å². The fourth-order valence-electron chi connectivity index (χ4n) is 1.80. The molecule has 0 bridgehead atoms. The van der Waals surface area contributed by atoms with Gasteiger partial charge in [-0.3, -0.25) is 14.9 Å². The first-order chi connectivity index (χ1) is 10.1. The highest BCUT2D eigenvalue weighted by molar-refractivity contribution is 6.05. The lowest BCUT2D eigenvalue weighted by molar-refractivity contribution is -0.122. The van der Waals surface area contributed by atoms with Crippen LogP contribution in [0.5, 0.6) is 5.75 Å². The number of benzene rings is 2. The van der Waals surface area contributed by atoms with E-state index >= 15 is 0 Å². The Morgan fingerprint density at radius 2 is 1.86 bits per heavy atom. The van der Waals surface area contributed by atoms with E-state index in [9.17, 15) is 9.59 Å². The van der Waals surface area contributed by atoms with Crippen LogP contribution < -0.4 is 15.8 Å². The fraction of sp³-hybridized carbons (Fsp3) is 0.125. The summed E-state index contributed by atoms with van der Waals surface area (Å²) in [6.45, 7) is 1.60. The lowest BCUT2D eigenvalue weighted by Crippen LogP contribution is -2.34. The molecule has 0 saturated heterocycles. The largest absolute Gasteiger partial charge is 0.483 e. The standard InChI is InChI=1S/C16H16N2O3/c1-11-9-13(17)7-8-14(11)21-10-15(19)18-16(20)12-5-3-2-4-6-12/h2-9H,10,17H2,1H3,(H,18,19,20). The zero-order valence-corrected chi connectivity index (χ0v) is 11.6. The molecule has 5 heteroatoms. The van der Waals surface area contributed by atoms with Crippen LogP contribution in [0.2, 0.25) is 0 Å². The summed E-state index contributed by atoms with van der Waals surface area (Å²) in [7, 11) is 0. The van der Waals surface area contributed by atoms with Crippen molar-refractivity contribution in [3.8, 4) is 5.75 Å². The minimum absolute atomic E-state index is 0.233. The molecule has 0 atom stereocenters. The van der Waals surface area contributed by atoms with E-state index in [0.717, 1.165) is 5.56 Å². The van der Waals surface area contributed by atoms with Crippen LogP contribution in [-0.2, 0) is 4.79 Å². The van der Waals surface area contributed by atoms with Crippen LogP contribution in [0.3, 0.4) is 0 Å². The first-order valence-electron chi connectivity index (χ1n) is 6.44. The van der Waals surface area contributed by atoms with Crippen molar-refractivity contribution in [3.63, 3.8) is 0 Å². The number of ether oxygens (including phenoxy) is 1. The number of nitrogens with one attached hydrogen (secondary N) is 1. The number of hydrogen-bond acceptors (Lipinski definition) is 4. The third kappa shape index (κ3) is 4.07. The van der Waals surface area contributed by atoms with Gasteiger partial charge in [-0.25, -0.2) is 0 Å². The lowest BCUT2D eigenvalue weighted by atomic mass is 10.2. The van der Waals surface area contributed by atoms with E-state index in [-0.39, 0.29) is 6.61 Å². The van der Waals surface area contributed by atoms with E-state index in [2.05, 4.69) is 5.32 Å². The summed E-state index contributed by atoms with van der Waals surface area (Å²) >= 11 is 0. The van der Waals surface area contributed by atoms with Gasteiger partial charge in [0.05, 0.1) is 0 Å². The number of carbonyl (C=O) groups is 2. The van der Waals surface area contributed by atoms with E-state index in [1.54, 1.807) is 48.5 Å². The van der Waals surface area contributed by atoms with Gasteiger partial charge in [0.15, 0.2) is 6.61 Å². The zero-order chi connectivity index (χ0) is 15.2. The van der Waals surface area contributed by atoms with Crippen molar-refractivity contribution in [3.05, 3.63) is 59.7 Å². The summed E-state index contributed by atoms with van der Waals surface area (Å²) in [5, 5.41) is 2.27. The molecule has 2 rings (SSSR count). The number of aryl methyl sites for hydroxylation is 1. The van der Waals surface area contributed by atoms with Crippen LogP contribution in [0.1, 0.15) is 15.9 Å². The number of rotatable bonds is 4. The van der Waals surface area contributed by atoms with Crippen molar-refractivity contribution < 1.29 is 14.3 Å². The van der Waals surface area contributed by atoms with Gasteiger partial charge in [-0.1, -0.05) is 18.2 Å². The highest BCUT2D eigenvalue weighted by atomic mass is 16.5. The molecule has 0 radical (unpaired) electrons. The number of hydrogen-bond donors (Lipinski definition) is 2. The summed E-state index contributed by atoms with van der Waals surface area (Å²) < 4.78 is 5.37. The summed E-state index contributed by atoms with van der Waals surface area (Å²) in [5.74, 6) is -0.384. The predicted octanol–water partition coefficient (Wildman–Crippen LogP) is 1.91. The number of carbonyl (C=O) groups excluding carboxylic acids is 2. The maximum absolute atomic E-state index is 11.8. The highest BCUT2D eigenvalue weighted by Crippen LogP contribution is 2.19. The van der Waals surface area contributed by atoms with Crippen LogP contribution in [0.25, 0.3) is 0 Å². The number of anilines is 1. The van der Waals surface area contributed by atoms with Gasteiger partial charge < -0.3 is 10.5 Å². The van der Waals surface area contributed by atoms with Gasteiger partial charge >= 0.3 is 0 Å². The second-order valence-electron chi connectivity index (χ2n) is 4.56. The molecule has 0 aliphatic heterocycles. The molecule has 3 N–H and O–H groups in total. The summed E-state index contributed by atoms with van der Waals surface area (Å²) in [6, 6.07) is 13.7. The molecular formula is C16H16N2O3. The molecule has 108 valence electrons. The molecule has 0 fully saturated rings. The molecule has 0 saturated carbocycles. The Morgan fingerprint density at radius 3 is 2.52 bits per heavy atom. The first-order valence-corrected chi connectivity index (χ1v) is 6.44. The molecule has 2 aromatic carbocycles. The van der Waals surface area contributed by atoms with Crippen LogP contribution in [0.15, 0.2) is 48.5 Å². The van der Waals surface area contributed by atoms with E-state index in [0.29, 0.717) is 17.0 Å². The highest BCUT2D eigenvalue weighted by Gasteiger charge is 2.11. The molecule has 0 spiro atoms. The van der Waals surface area contributed by atoms with Crippen molar-refractivity contribution in [2.75, 3.05) is 12.3 Å². The molecule has 0 heterocycles. The number of nitrogens with two attached hydrogens (primary N) is 1. The van der Waals surface area contributed by atoms with E-state index in [1.165, 1.54) is 0 Å². The zero-order valence-electron chi connectivity index (χ0n) is 11.6. The van der Waals surface area contributed by atoms with Gasteiger partial charge in [0, 0.05) is 11.3 Å². The molecule has 5 nitrogen and oxygen atoms in total. The quantitative estimate of drug-likeness (QED) is 0.840. The molecule has 2 amide bonds. The topological polar surface area (TPSA) is 81.4 Å². The third-order valence-electron chi connectivity index (χ3n) is 2.85. The van der Waals surface area contributed by atoms with Crippen LogP contribution in [0.4, 0.5) is 5.69 Å². The monoisotopic (exact) mass is 284 g/mol. The van der Waals surface area contributed by atoms with Gasteiger partial charge in [-0.2, -0.15) is 0 Å². The Hall–Kier alpha value is -2.82. The SMILES string of the molecule is Cc1cc(N)ccc1OCC(=O)NC(=O)c1ccccc1. The van der Waals surface area contributed by atoms with Crippen molar-refractivity contribution in [2.45, 2.75) is 6.92 Å². The first kappa shape index (κ1) is 14.6. The summed E-state index contributed by atoms with van der Waals surface area (Å²) in [4.78, 5) is 23.5. The van der Waals surface area contributed by atoms with Crippen LogP contribution >= 0.6 is 0 Å². The van der Waals surface area contributed by atoms with Crippen molar-refractivity contribution in [1.82, 2.24) is 5.32 Å². The Morgan fingerprint density at radius 1 is 1.14 bits per heavy atom. The molecule has 21 heavy (non-hydrogen) atoms. The second-order valence-corrected chi connectivity index (χ2v) is 4.56. The Labute approximate surface area is 122 Å². The average molecular weight is 284 g/mol. The normalized spacial score (nSPS) is 9.95. The molecule has 2 aromatic rings. The van der Waals surface area contributed by atoms with Gasteiger partial charge in [-0.15, -0.1) is 0 Å². The minimum Gasteiger partial charge on any atom is -0.483 e. The van der Waals surface area contributed by atoms with Crippen molar-refractivity contribution in [1.29, 1.82) is 0 Å². The van der Waals surface area contributed by atoms with Gasteiger partial charge in [-0.05, 0) is 42.8 Å². The Balaban J connectivity index is 1.89. The lowest BCUT2D eigenvalue weighted by Gasteiger charge is -2.09. The average Bonchev–Trinajstić information content (AvgIpc) is 2.47. The molecule has 0 aromatic heterocycles. The molecule has 0 aliphatic rings. The molecular weight excluding hydrogens is 268 g/mol. The number of amides is 2. The van der Waals surface area contributed by atoms with Gasteiger partial charge in [0.1, 0.15) is 5.75 Å². The maximum Gasteiger partial charge on any atom is 0.264 e. The summed E-state index contributed by atoms with van der Waals surface area (Å²) in [6.07, 6.45) is 0. The van der Waals surface area contributed by atoms with Crippen LogP contribution in [-0.4, -0.2) is 18.4 Å². The van der Waals surface area contributed by atoms with Crippen molar-refractivity contribution in [2.24, 2.45) is 0 Å². The third-order valence-corrected chi connectivity index (χ3v) is 2.85. The fourth-order valence-corrected chi connectivity index (χ4v) is 1.80. The van der Waals surface area contributed by atoms with E-state index < -0.39 is 11.8 Å². The van der Waals surface area contributed by atoms with Gasteiger partial charge in [0.25, 0.3) is 11.8 Å². The van der Waals surface area contributed by atoms with Gasteiger partial charge in [0.2, 0.25) is 0 Å². The minimum atomic E-state index is -0.500. The molecule has 0 unspecified atom stereocenters. The predicted molar refractivity (Wildman–Crippen MR) is 80.0 cm³/mol. The number of nitrogen functional groups attached to an aromatic ring is 1. The van der Waals surface area contributed by atoms with E-state index in [1.807, 2.05) is 6.92 Å². The maximum atomic E-state index is 11.8. The second kappa shape index (κ2) is 6.56. The number of imide groups is 1. The molecule has 0 aliphatic carbocycles. The van der Waals surface area contributed by atoms with Crippen molar-refractivity contribution >= 4 is 17.5 Å². The Bertz CT molecular complexity index is 654. The van der Waals surface area contributed by atoms with Crippen LogP contribution in [0, 0.1) is 6.92 Å².